The maximum Gasteiger partial charge on any atom is 0.320 e. The number of aryl methyl sites for hydroxylation is 2. The molecular weight excluding hydrogens is 342 g/mol. The highest BCUT2D eigenvalue weighted by atomic mass is 16.7. The van der Waals surface area contributed by atoms with E-state index in [1.807, 2.05) is 18.2 Å². The van der Waals surface area contributed by atoms with Gasteiger partial charge in [0.05, 0.1) is 6.04 Å². The minimum Gasteiger partial charge on any atom is -0.480 e. The lowest BCUT2D eigenvalue weighted by molar-refractivity contribution is -0.145. The highest BCUT2D eigenvalue weighted by molar-refractivity contribution is 5.73. The molecular formula is C22H25NO4. The second kappa shape index (κ2) is 7.24. The third-order valence-electron chi connectivity index (χ3n) is 5.59. The summed E-state index contributed by atoms with van der Waals surface area (Å²) >= 11 is 0. The van der Waals surface area contributed by atoms with E-state index < -0.39 is 12.0 Å². The summed E-state index contributed by atoms with van der Waals surface area (Å²) in [5, 5.41) is 9.83. The van der Waals surface area contributed by atoms with Crippen LogP contribution in [0.25, 0.3) is 0 Å². The third-order valence-corrected chi connectivity index (χ3v) is 5.59. The molecule has 2 heterocycles. The molecule has 0 amide bonds. The van der Waals surface area contributed by atoms with Gasteiger partial charge in [0.25, 0.3) is 0 Å². The van der Waals surface area contributed by atoms with Crippen LogP contribution < -0.4 is 9.47 Å². The minimum atomic E-state index is -0.745. The van der Waals surface area contributed by atoms with E-state index in [-0.39, 0.29) is 12.8 Å². The summed E-state index contributed by atoms with van der Waals surface area (Å²) in [7, 11) is 0. The maximum absolute atomic E-state index is 12.0. The first-order valence-corrected chi connectivity index (χ1v) is 9.50. The molecule has 1 N–H and O–H groups in total. The van der Waals surface area contributed by atoms with E-state index in [0.717, 1.165) is 42.0 Å². The number of rotatable bonds is 4. The van der Waals surface area contributed by atoms with Gasteiger partial charge in [0.15, 0.2) is 11.5 Å². The van der Waals surface area contributed by atoms with Gasteiger partial charge in [0, 0.05) is 0 Å². The first kappa shape index (κ1) is 17.9. The van der Waals surface area contributed by atoms with Crippen LogP contribution in [0.5, 0.6) is 11.5 Å². The number of nitrogens with zero attached hydrogens (tertiary/aromatic N) is 1. The van der Waals surface area contributed by atoms with Gasteiger partial charge in [-0.2, -0.15) is 0 Å². The van der Waals surface area contributed by atoms with Crippen LogP contribution in [0, 0.1) is 13.8 Å². The van der Waals surface area contributed by atoms with Crippen molar-refractivity contribution >= 4 is 5.97 Å². The summed E-state index contributed by atoms with van der Waals surface area (Å²) in [6.07, 6.45) is 2.64. The number of carboxylic acid groups (broad SMARTS) is 1. The van der Waals surface area contributed by atoms with Crippen molar-refractivity contribution in [3.8, 4) is 11.5 Å². The molecule has 4 rings (SSSR count). The van der Waals surface area contributed by atoms with Gasteiger partial charge in [-0.25, -0.2) is 0 Å². The predicted molar refractivity (Wildman–Crippen MR) is 102 cm³/mol. The molecule has 142 valence electrons. The molecule has 0 bridgehead atoms. The van der Waals surface area contributed by atoms with Crippen molar-refractivity contribution in [1.29, 1.82) is 0 Å². The minimum absolute atomic E-state index is 0.124. The summed E-state index contributed by atoms with van der Waals surface area (Å²) < 4.78 is 11.0. The van der Waals surface area contributed by atoms with E-state index in [1.54, 1.807) is 0 Å². The molecule has 5 heteroatoms. The Labute approximate surface area is 159 Å². The molecule has 0 radical (unpaired) electrons. The smallest absolute Gasteiger partial charge is 0.320 e. The Morgan fingerprint density at radius 1 is 1.11 bits per heavy atom. The van der Waals surface area contributed by atoms with Crippen LogP contribution in [-0.2, 0) is 4.79 Å². The van der Waals surface area contributed by atoms with Gasteiger partial charge in [-0.15, -0.1) is 0 Å². The van der Waals surface area contributed by atoms with Crippen LogP contribution in [0.1, 0.15) is 47.6 Å². The van der Waals surface area contributed by atoms with Gasteiger partial charge in [0.1, 0.15) is 6.04 Å². The second-order valence-corrected chi connectivity index (χ2v) is 7.46. The zero-order valence-corrected chi connectivity index (χ0v) is 15.8. The quantitative estimate of drug-likeness (QED) is 0.883. The van der Waals surface area contributed by atoms with Gasteiger partial charge in [-0.3, -0.25) is 9.69 Å². The van der Waals surface area contributed by atoms with Crippen molar-refractivity contribution in [2.45, 2.75) is 45.2 Å². The Morgan fingerprint density at radius 2 is 1.93 bits per heavy atom. The van der Waals surface area contributed by atoms with Gasteiger partial charge >= 0.3 is 5.97 Å². The Balaban J connectivity index is 1.83. The number of carboxylic acids is 1. The lowest BCUT2D eigenvalue weighted by Crippen LogP contribution is -2.47. The van der Waals surface area contributed by atoms with Gasteiger partial charge in [-0.05, 0) is 62.1 Å². The maximum atomic E-state index is 12.0. The predicted octanol–water partition coefficient (Wildman–Crippen LogP) is 4.06. The molecule has 5 nitrogen and oxygen atoms in total. The Morgan fingerprint density at radius 3 is 2.70 bits per heavy atom. The fraction of sp³-hybridized carbons (Fsp3) is 0.409. The summed E-state index contributed by atoms with van der Waals surface area (Å²) in [5.41, 5.74) is 4.56. The summed E-state index contributed by atoms with van der Waals surface area (Å²) in [6, 6.07) is 11.7. The van der Waals surface area contributed by atoms with Crippen LogP contribution >= 0.6 is 0 Å². The number of ether oxygens (including phenoxy) is 2. The zero-order chi connectivity index (χ0) is 19.0. The first-order valence-electron chi connectivity index (χ1n) is 9.50. The average Bonchev–Trinajstić information content (AvgIpc) is 3.12. The Hall–Kier alpha value is -2.53. The normalized spacial score (nSPS) is 20.4. The number of hydrogen-bond donors (Lipinski definition) is 1. The van der Waals surface area contributed by atoms with Crippen LogP contribution in [0.15, 0.2) is 36.4 Å². The molecule has 2 aliphatic rings. The van der Waals surface area contributed by atoms with Crippen LogP contribution in [0.4, 0.5) is 0 Å². The Kier molecular flexibility index (Phi) is 4.79. The number of likely N-dealkylation sites (tertiary alicyclic amines) is 1. The van der Waals surface area contributed by atoms with Gasteiger partial charge in [0.2, 0.25) is 6.79 Å². The van der Waals surface area contributed by atoms with E-state index in [4.69, 9.17) is 9.47 Å². The largest absolute Gasteiger partial charge is 0.480 e. The van der Waals surface area contributed by atoms with E-state index in [2.05, 4.69) is 36.9 Å². The Bertz CT molecular complexity index is 863. The molecule has 2 aromatic carbocycles. The number of fused-ring (bicyclic) bond motifs is 1. The lowest BCUT2D eigenvalue weighted by atomic mass is 9.89. The fourth-order valence-corrected chi connectivity index (χ4v) is 4.29. The molecule has 2 atom stereocenters. The molecule has 2 unspecified atom stereocenters. The molecule has 0 aliphatic carbocycles. The van der Waals surface area contributed by atoms with Crippen LogP contribution in [-0.4, -0.2) is 35.4 Å². The van der Waals surface area contributed by atoms with Crippen LogP contribution in [0.2, 0.25) is 0 Å². The molecule has 1 saturated heterocycles. The van der Waals surface area contributed by atoms with Crippen molar-refractivity contribution in [2.75, 3.05) is 13.3 Å². The average molecular weight is 367 g/mol. The summed E-state index contributed by atoms with van der Waals surface area (Å²) in [6.45, 7) is 5.17. The summed E-state index contributed by atoms with van der Waals surface area (Å²) in [5.74, 6) is 0.725. The highest BCUT2D eigenvalue weighted by Gasteiger charge is 2.36. The van der Waals surface area contributed by atoms with Crippen molar-refractivity contribution in [3.05, 3.63) is 58.7 Å². The molecule has 2 aromatic rings. The van der Waals surface area contributed by atoms with E-state index in [0.29, 0.717) is 6.42 Å². The summed E-state index contributed by atoms with van der Waals surface area (Å²) in [4.78, 5) is 14.1. The fourth-order valence-electron chi connectivity index (χ4n) is 4.29. The molecule has 0 spiro atoms. The van der Waals surface area contributed by atoms with Gasteiger partial charge in [-0.1, -0.05) is 36.2 Å². The highest BCUT2D eigenvalue weighted by Crippen LogP contribution is 2.40. The zero-order valence-electron chi connectivity index (χ0n) is 15.8. The number of piperidine rings is 1. The van der Waals surface area contributed by atoms with E-state index in [1.165, 1.54) is 11.1 Å². The number of carbonyl (C=O) groups is 1. The monoisotopic (exact) mass is 367 g/mol. The number of benzene rings is 2. The molecule has 27 heavy (non-hydrogen) atoms. The first-order chi connectivity index (χ1) is 13.0. The van der Waals surface area contributed by atoms with Crippen molar-refractivity contribution in [3.63, 3.8) is 0 Å². The topological polar surface area (TPSA) is 59.0 Å². The van der Waals surface area contributed by atoms with Crippen LogP contribution in [0.3, 0.4) is 0 Å². The molecule has 2 aliphatic heterocycles. The van der Waals surface area contributed by atoms with Gasteiger partial charge < -0.3 is 14.6 Å². The second-order valence-electron chi connectivity index (χ2n) is 7.46. The molecule has 0 aromatic heterocycles. The lowest BCUT2D eigenvalue weighted by Gasteiger charge is -2.40. The standard InChI is InChI=1S/C22H25NO4/c1-14-6-8-17(15(2)11-14)21(23-10-4-3-5-18(23)22(24)25)16-7-9-19-20(12-16)27-13-26-19/h6-9,11-12,18,21H,3-5,10,13H2,1-2H3,(H,24,25). The van der Waals surface area contributed by atoms with E-state index >= 15 is 0 Å². The van der Waals surface area contributed by atoms with Crippen molar-refractivity contribution in [1.82, 2.24) is 4.90 Å². The SMILES string of the molecule is Cc1ccc(C(c2ccc3c(c2)OCO3)N2CCCCC2C(=O)O)c(C)c1. The van der Waals surface area contributed by atoms with E-state index in [9.17, 15) is 9.90 Å². The number of aliphatic carboxylic acids is 1. The molecule has 1 fully saturated rings. The van der Waals surface area contributed by atoms with Crippen molar-refractivity contribution in [2.24, 2.45) is 0 Å². The number of hydrogen-bond acceptors (Lipinski definition) is 4. The third kappa shape index (κ3) is 3.39. The molecule has 0 saturated carbocycles. The van der Waals surface area contributed by atoms with Crippen molar-refractivity contribution < 1.29 is 19.4 Å².